The molecule has 3 aromatic heterocycles. The number of esters is 1. The molecule has 9 nitrogen and oxygen atoms in total. The molecular weight excluding hydrogens is 575 g/mol. The van der Waals surface area contributed by atoms with Crippen LogP contribution in [0.4, 0.5) is 13.2 Å². The molecule has 0 fully saturated rings. The summed E-state index contributed by atoms with van der Waals surface area (Å²) in [4.78, 5) is 35.4. The van der Waals surface area contributed by atoms with Crippen LogP contribution in [0.5, 0.6) is 5.75 Å². The number of amides is 1. The van der Waals surface area contributed by atoms with E-state index in [1.54, 1.807) is 45.0 Å². The van der Waals surface area contributed by atoms with Gasteiger partial charge in [-0.3, -0.25) is 4.79 Å². The van der Waals surface area contributed by atoms with Gasteiger partial charge in [0.05, 0.1) is 41.7 Å². The van der Waals surface area contributed by atoms with Gasteiger partial charge in [-0.15, -0.1) is 0 Å². The second-order valence-corrected chi connectivity index (χ2v) is 11.7. The van der Waals surface area contributed by atoms with Gasteiger partial charge in [-0.25, -0.2) is 14.8 Å². The van der Waals surface area contributed by atoms with Gasteiger partial charge in [-0.1, -0.05) is 12.2 Å². The highest BCUT2D eigenvalue weighted by atomic mass is 19.4. The highest BCUT2D eigenvalue weighted by Gasteiger charge is 2.56. The Hall–Kier alpha value is -4.35. The molecule has 1 aliphatic rings. The Morgan fingerprint density at radius 3 is 2.59 bits per heavy atom. The molecule has 1 N–H and O–H groups in total. The van der Waals surface area contributed by atoms with Crippen molar-refractivity contribution in [1.29, 1.82) is 0 Å². The van der Waals surface area contributed by atoms with Gasteiger partial charge in [0.25, 0.3) is 0 Å². The van der Waals surface area contributed by atoms with Crippen LogP contribution in [0.25, 0.3) is 33.6 Å². The van der Waals surface area contributed by atoms with Gasteiger partial charge < -0.3 is 23.9 Å². The fourth-order valence-corrected chi connectivity index (χ4v) is 5.46. The number of fused-ring (bicyclic) bond motifs is 2. The number of hydrogen-bond acceptors (Lipinski definition) is 6. The van der Waals surface area contributed by atoms with E-state index in [0.29, 0.717) is 58.9 Å². The normalized spacial score (nSPS) is 20.6. The van der Waals surface area contributed by atoms with Crippen molar-refractivity contribution in [2.45, 2.75) is 71.8 Å². The second-order valence-electron chi connectivity index (χ2n) is 11.7. The minimum Gasteiger partial charge on any atom is -0.494 e. The molecule has 0 saturated heterocycles. The van der Waals surface area contributed by atoms with Gasteiger partial charge in [-0.2, -0.15) is 13.2 Å². The van der Waals surface area contributed by atoms with Crippen LogP contribution < -0.4 is 10.1 Å². The lowest BCUT2D eigenvalue weighted by atomic mass is 9.84. The molecule has 234 valence electrons. The molecule has 4 aromatic rings. The maximum absolute atomic E-state index is 14.0. The molecule has 1 aromatic carbocycles. The van der Waals surface area contributed by atoms with E-state index < -0.39 is 35.9 Å². The molecule has 5 rings (SSSR count). The molecule has 4 heterocycles. The van der Waals surface area contributed by atoms with Gasteiger partial charge in [0, 0.05) is 19.0 Å². The van der Waals surface area contributed by atoms with Crippen LogP contribution in [0.15, 0.2) is 42.5 Å². The van der Waals surface area contributed by atoms with Crippen LogP contribution in [0.1, 0.15) is 69.1 Å². The molecule has 1 amide bonds. The standard InChI is InChI=1S/C32H36F3N5O4/c1-18(2)44-29(41)21-15-23-26(25(17-21)43-6)39(5)28(38-23)24-16-20-11-12-22-19(3)36-30(42)31(4,32(33,34)35)13-9-7-8-10-14-40(24)27(20)37-22/h7,9,11-12,15-19H,8,10,13-14H2,1-6H3,(H,36,42)/b9-7-/t19-,31-/m1/s1. The first-order valence-electron chi connectivity index (χ1n) is 14.5. The van der Waals surface area contributed by atoms with E-state index in [1.807, 2.05) is 28.3 Å². The van der Waals surface area contributed by atoms with Crippen LogP contribution >= 0.6 is 0 Å². The molecule has 0 saturated carbocycles. The monoisotopic (exact) mass is 611 g/mol. The number of ether oxygens (including phenoxy) is 2. The third-order valence-corrected chi connectivity index (χ3v) is 8.09. The quantitative estimate of drug-likeness (QED) is 0.205. The van der Waals surface area contributed by atoms with Crippen molar-refractivity contribution in [1.82, 2.24) is 24.4 Å². The number of imidazole rings is 1. The molecule has 0 radical (unpaired) electrons. The minimum absolute atomic E-state index is 0.286. The van der Waals surface area contributed by atoms with E-state index in [1.165, 1.54) is 13.2 Å². The van der Waals surface area contributed by atoms with Gasteiger partial charge in [0.2, 0.25) is 5.91 Å². The number of carbonyl (C=O) groups is 2. The number of carbonyl (C=O) groups excluding carboxylic acids is 2. The molecule has 0 spiro atoms. The van der Waals surface area contributed by atoms with E-state index in [-0.39, 0.29) is 6.10 Å². The van der Waals surface area contributed by atoms with Crippen LogP contribution in [-0.4, -0.2) is 50.4 Å². The van der Waals surface area contributed by atoms with Crippen LogP contribution in [0.3, 0.4) is 0 Å². The van der Waals surface area contributed by atoms with Crippen LogP contribution in [0.2, 0.25) is 0 Å². The lowest BCUT2D eigenvalue weighted by Crippen LogP contribution is -2.49. The third kappa shape index (κ3) is 5.53. The number of halogens is 3. The summed E-state index contributed by atoms with van der Waals surface area (Å²) in [6, 6.07) is 8.07. The second kappa shape index (κ2) is 11.6. The van der Waals surface area contributed by atoms with E-state index >= 15 is 0 Å². The Morgan fingerprint density at radius 2 is 1.91 bits per heavy atom. The maximum Gasteiger partial charge on any atom is 0.403 e. The van der Waals surface area contributed by atoms with Gasteiger partial charge in [0.15, 0.2) is 5.82 Å². The highest BCUT2D eigenvalue weighted by molar-refractivity contribution is 5.97. The molecule has 1 aliphatic heterocycles. The summed E-state index contributed by atoms with van der Waals surface area (Å²) in [6.45, 7) is 6.63. The number of methoxy groups -OCH3 is 1. The molecule has 0 unspecified atom stereocenters. The molecule has 2 atom stereocenters. The minimum atomic E-state index is -4.72. The number of pyridine rings is 1. The number of rotatable bonds is 4. The topological polar surface area (TPSA) is 100 Å². The smallest absolute Gasteiger partial charge is 0.403 e. The Balaban J connectivity index is 1.63. The Bertz CT molecular complexity index is 1770. The lowest BCUT2D eigenvalue weighted by Gasteiger charge is -2.31. The van der Waals surface area contributed by atoms with Crippen molar-refractivity contribution < 1.29 is 32.2 Å². The number of aryl methyl sites for hydroxylation is 2. The van der Waals surface area contributed by atoms with E-state index in [9.17, 15) is 22.8 Å². The number of nitrogens with one attached hydrogen (secondary N) is 1. The number of hydrogen-bond donors (Lipinski definition) is 1. The van der Waals surface area contributed by atoms with Crippen molar-refractivity contribution in [3.8, 4) is 17.3 Å². The van der Waals surface area contributed by atoms with Crippen molar-refractivity contribution in [2.24, 2.45) is 12.5 Å². The first kappa shape index (κ1) is 31.1. The summed E-state index contributed by atoms with van der Waals surface area (Å²) < 4.78 is 57.0. The number of allylic oxidation sites excluding steroid dienone is 2. The number of aromatic nitrogens is 4. The maximum atomic E-state index is 14.0. The van der Waals surface area contributed by atoms with E-state index in [2.05, 4.69) is 5.32 Å². The molecule has 2 bridgehead atoms. The largest absolute Gasteiger partial charge is 0.494 e. The Morgan fingerprint density at radius 1 is 1.16 bits per heavy atom. The predicted octanol–water partition coefficient (Wildman–Crippen LogP) is 6.65. The fraction of sp³-hybridized carbons (Fsp3) is 0.438. The summed E-state index contributed by atoms with van der Waals surface area (Å²) in [5.41, 5.74) is 0.846. The van der Waals surface area contributed by atoms with Crippen molar-refractivity contribution in [2.75, 3.05) is 7.11 Å². The first-order chi connectivity index (χ1) is 20.7. The summed E-state index contributed by atoms with van der Waals surface area (Å²) >= 11 is 0. The zero-order valence-electron chi connectivity index (χ0n) is 25.6. The summed E-state index contributed by atoms with van der Waals surface area (Å²) in [5, 5.41) is 3.35. The third-order valence-electron chi connectivity index (χ3n) is 8.09. The lowest BCUT2D eigenvalue weighted by molar-refractivity contribution is -0.216. The van der Waals surface area contributed by atoms with Gasteiger partial charge >= 0.3 is 12.1 Å². The highest BCUT2D eigenvalue weighted by Crippen LogP contribution is 2.42. The molecule has 0 aliphatic carbocycles. The summed E-state index contributed by atoms with van der Waals surface area (Å²) in [5.74, 6) is -0.484. The average molecular weight is 612 g/mol. The molecular formula is C32H36F3N5O4. The average Bonchev–Trinajstić information content (AvgIpc) is 3.49. The zero-order chi connectivity index (χ0) is 32.0. The fourth-order valence-electron chi connectivity index (χ4n) is 5.46. The number of benzene rings is 1. The van der Waals surface area contributed by atoms with Crippen LogP contribution in [-0.2, 0) is 23.1 Å². The Labute approximate surface area is 253 Å². The van der Waals surface area contributed by atoms with E-state index in [4.69, 9.17) is 19.4 Å². The molecule has 12 heteroatoms. The summed E-state index contributed by atoms with van der Waals surface area (Å²) in [6.07, 6.45) is -1.23. The summed E-state index contributed by atoms with van der Waals surface area (Å²) in [7, 11) is 3.39. The van der Waals surface area contributed by atoms with Crippen molar-refractivity contribution in [3.63, 3.8) is 0 Å². The molecule has 44 heavy (non-hydrogen) atoms. The van der Waals surface area contributed by atoms with Crippen molar-refractivity contribution in [3.05, 3.63) is 53.7 Å². The zero-order valence-corrected chi connectivity index (χ0v) is 25.6. The van der Waals surface area contributed by atoms with Gasteiger partial charge in [-0.05, 0) is 77.3 Å². The van der Waals surface area contributed by atoms with Crippen molar-refractivity contribution >= 4 is 33.9 Å². The number of nitrogens with zero attached hydrogens (tertiary/aromatic N) is 4. The SMILES string of the molecule is COc1cc(C(=O)OC(C)C)cc2nc(-c3cc4ccc5nc4n3CCC/C=C\C[C@@](C)(C(F)(F)F)C(=O)N[C@@H]5C)n(C)c12. The predicted molar refractivity (Wildman–Crippen MR) is 160 cm³/mol. The van der Waals surface area contributed by atoms with E-state index in [0.717, 1.165) is 18.0 Å². The first-order valence-corrected chi connectivity index (χ1v) is 14.5. The van der Waals surface area contributed by atoms with Crippen LogP contribution in [0, 0.1) is 5.41 Å². The number of alkyl halides is 3. The Kier molecular flexibility index (Phi) is 8.21. The van der Waals surface area contributed by atoms with Gasteiger partial charge in [0.1, 0.15) is 22.3 Å².